The third-order valence-electron chi connectivity index (χ3n) is 3.01. The molecule has 0 aliphatic carbocycles. The molecule has 0 radical (unpaired) electrons. The van der Waals surface area contributed by atoms with Gasteiger partial charge in [-0.15, -0.1) is 0 Å². The van der Waals surface area contributed by atoms with E-state index in [2.05, 4.69) is 5.10 Å². The normalized spacial score (nSPS) is 11.5. The Kier molecular flexibility index (Phi) is 4.21. The number of esters is 1. The number of fused-ring (bicyclic) bond motifs is 1. The second-order valence-electron chi connectivity index (χ2n) is 5.95. The molecule has 0 atom stereocenters. The summed E-state index contributed by atoms with van der Waals surface area (Å²) in [6, 6.07) is 3.50. The van der Waals surface area contributed by atoms with Gasteiger partial charge in [0.15, 0.2) is 0 Å². The summed E-state index contributed by atoms with van der Waals surface area (Å²) in [4.78, 5) is 24.3. The molecule has 2 aromatic rings. The molecule has 0 unspecified atom stereocenters. The van der Waals surface area contributed by atoms with Crippen molar-refractivity contribution >= 4 is 23.0 Å². The van der Waals surface area contributed by atoms with Gasteiger partial charge in [0.1, 0.15) is 5.60 Å². The Morgan fingerprint density at radius 2 is 1.95 bits per heavy atom. The van der Waals surface area contributed by atoms with Gasteiger partial charge in [-0.3, -0.25) is 0 Å². The van der Waals surface area contributed by atoms with Crippen LogP contribution in [0.5, 0.6) is 0 Å². The van der Waals surface area contributed by atoms with Gasteiger partial charge in [-0.25, -0.2) is 9.59 Å². The van der Waals surface area contributed by atoms with Crippen LogP contribution >= 0.6 is 0 Å². The molecular weight excluding hydrogens is 284 g/mol. The number of aryl methyl sites for hydroxylation is 1. The van der Waals surface area contributed by atoms with Gasteiger partial charge in [-0.1, -0.05) is 6.07 Å². The first-order valence-corrected chi connectivity index (χ1v) is 7.12. The lowest BCUT2D eigenvalue weighted by atomic mass is 10.0. The van der Waals surface area contributed by atoms with Crippen LogP contribution in [0.3, 0.4) is 0 Å². The molecule has 0 N–H and O–H groups in total. The molecule has 0 spiro atoms. The van der Waals surface area contributed by atoms with Gasteiger partial charge in [0.05, 0.1) is 23.9 Å². The minimum absolute atomic E-state index is 0.287. The maximum Gasteiger partial charge on any atom is 0.435 e. The fourth-order valence-corrected chi connectivity index (χ4v) is 2.14. The van der Waals surface area contributed by atoms with Crippen molar-refractivity contribution in [1.82, 2.24) is 9.78 Å². The maximum absolute atomic E-state index is 12.2. The lowest BCUT2D eigenvalue weighted by Crippen LogP contribution is -2.27. The van der Waals surface area contributed by atoms with Crippen LogP contribution in [0, 0.1) is 6.92 Å². The molecule has 0 fully saturated rings. The fraction of sp³-hybridized carbons (Fsp3) is 0.438. The standard InChI is InChI=1S/C16H20N2O4/c1-6-21-14(19)13-10(2)7-8-12-11(13)9-17-18(12)15(20)22-16(3,4)5/h7-9H,6H2,1-5H3. The van der Waals surface area contributed by atoms with Crippen LogP contribution in [0.2, 0.25) is 0 Å². The summed E-state index contributed by atoms with van der Waals surface area (Å²) >= 11 is 0. The van der Waals surface area contributed by atoms with Gasteiger partial charge < -0.3 is 9.47 Å². The van der Waals surface area contributed by atoms with E-state index < -0.39 is 17.7 Å². The molecule has 6 heteroatoms. The van der Waals surface area contributed by atoms with Gasteiger partial charge in [-0.05, 0) is 46.2 Å². The highest BCUT2D eigenvalue weighted by molar-refractivity contribution is 6.06. The average molecular weight is 304 g/mol. The molecule has 118 valence electrons. The van der Waals surface area contributed by atoms with Crippen LogP contribution in [0.4, 0.5) is 4.79 Å². The molecule has 0 aliphatic heterocycles. The van der Waals surface area contributed by atoms with E-state index in [1.54, 1.807) is 39.8 Å². The highest BCUT2D eigenvalue weighted by Crippen LogP contribution is 2.24. The minimum atomic E-state index is -0.621. The zero-order chi connectivity index (χ0) is 16.5. The molecule has 22 heavy (non-hydrogen) atoms. The molecule has 0 bridgehead atoms. The molecular formula is C16H20N2O4. The van der Waals surface area contributed by atoms with Crippen LogP contribution in [0.25, 0.3) is 10.9 Å². The van der Waals surface area contributed by atoms with E-state index in [9.17, 15) is 9.59 Å². The SMILES string of the molecule is CCOC(=O)c1c(C)ccc2c1cnn2C(=O)OC(C)(C)C. The number of rotatable bonds is 2. The highest BCUT2D eigenvalue weighted by Gasteiger charge is 2.23. The summed E-state index contributed by atoms with van der Waals surface area (Å²) in [6.07, 6.45) is 0.902. The summed E-state index contributed by atoms with van der Waals surface area (Å²) in [7, 11) is 0. The topological polar surface area (TPSA) is 70.4 Å². The number of hydrogen-bond acceptors (Lipinski definition) is 5. The Balaban J connectivity index is 2.52. The molecule has 0 saturated heterocycles. The molecule has 2 rings (SSSR count). The second-order valence-corrected chi connectivity index (χ2v) is 5.95. The number of benzene rings is 1. The van der Waals surface area contributed by atoms with E-state index in [0.717, 1.165) is 10.2 Å². The number of carbonyl (C=O) groups is 2. The summed E-state index contributed by atoms with van der Waals surface area (Å²) in [5, 5.41) is 4.63. The lowest BCUT2D eigenvalue weighted by Gasteiger charge is -2.19. The van der Waals surface area contributed by atoms with Crippen LogP contribution in [0.1, 0.15) is 43.6 Å². The minimum Gasteiger partial charge on any atom is -0.462 e. The highest BCUT2D eigenvalue weighted by atomic mass is 16.6. The Morgan fingerprint density at radius 3 is 2.55 bits per heavy atom. The molecule has 0 saturated carbocycles. The van der Waals surface area contributed by atoms with Crippen molar-refractivity contribution in [2.75, 3.05) is 6.61 Å². The van der Waals surface area contributed by atoms with Crippen molar-refractivity contribution in [3.05, 3.63) is 29.5 Å². The van der Waals surface area contributed by atoms with Gasteiger partial charge >= 0.3 is 12.1 Å². The summed E-state index contributed by atoms with van der Waals surface area (Å²) in [5.74, 6) is -0.422. The number of carbonyl (C=O) groups excluding carboxylic acids is 2. The maximum atomic E-state index is 12.2. The predicted octanol–water partition coefficient (Wildman–Crippen LogP) is 3.30. The Bertz CT molecular complexity index is 726. The molecule has 6 nitrogen and oxygen atoms in total. The Labute approximate surface area is 129 Å². The fourth-order valence-electron chi connectivity index (χ4n) is 2.14. The van der Waals surface area contributed by atoms with Crippen molar-refractivity contribution in [1.29, 1.82) is 0 Å². The van der Waals surface area contributed by atoms with E-state index in [0.29, 0.717) is 16.5 Å². The predicted molar refractivity (Wildman–Crippen MR) is 82.1 cm³/mol. The smallest absolute Gasteiger partial charge is 0.435 e. The Hall–Kier alpha value is -2.37. The van der Waals surface area contributed by atoms with E-state index in [1.807, 2.05) is 6.92 Å². The van der Waals surface area contributed by atoms with Crippen LogP contribution in [0.15, 0.2) is 18.3 Å². The van der Waals surface area contributed by atoms with Crippen molar-refractivity contribution < 1.29 is 19.1 Å². The van der Waals surface area contributed by atoms with Crippen molar-refractivity contribution in [2.24, 2.45) is 0 Å². The van der Waals surface area contributed by atoms with Crippen LogP contribution < -0.4 is 0 Å². The van der Waals surface area contributed by atoms with Gasteiger partial charge in [0, 0.05) is 5.39 Å². The quantitative estimate of drug-likeness (QED) is 0.796. The van der Waals surface area contributed by atoms with E-state index in [4.69, 9.17) is 9.47 Å². The summed E-state index contributed by atoms with van der Waals surface area (Å²) in [6.45, 7) is 9.20. The number of aromatic nitrogens is 2. The zero-order valence-corrected chi connectivity index (χ0v) is 13.5. The van der Waals surface area contributed by atoms with Crippen molar-refractivity contribution in [3.8, 4) is 0 Å². The molecule has 1 aromatic heterocycles. The monoisotopic (exact) mass is 304 g/mol. The average Bonchev–Trinajstić information content (AvgIpc) is 2.80. The van der Waals surface area contributed by atoms with Gasteiger partial charge in [-0.2, -0.15) is 9.78 Å². The number of ether oxygens (including phenoxy) is 2. The number of hydrogen-bond donors (Lipinski definition) is 0. The Morgan fingerprint density at radius 1 is 1.27 bits per heavy atom. The van der Waals surface area contributed by atoms with Crippen LogP contribution in [-0.2, 0) is 9.47 Å². The van der Waals surface area contributed by atoms with Crippen molar-refractivity contribution in [2.45, 2.75) is 40.2 Å². The lowest BCUT2D eigenvalue weighted by molar-refractivity contribution is 0.0512. The first-order chi connectivity index (χ1) is 10.2. The zero-order valence-electron chi connectivity index (χ0n) is 13.5. The number of nitrogens with zero attached hydrogens (tertiary/aromatic N) is 2. The van der Waals surface area contributed by atoms with E-state index in [-0.39, 0.29) is 6.61 Å². The largest absolute Gasteiger partial charge is 0.462 e. The molecule has 1 heterocycles. The molecule has 0 aliphatic rings. The van der Waals surface area contributed by atoms with E-state index >= 15 is 0 Å². The summed E-state index contributed by atoms with van der Waals surface area (Å²) < 4.78 is 11.5. The second kappa shape index (κ2) is 5.79. The van der Waals surface area contributed by atoms with Gasteiger partial charge in [0.2, 0.25) is 0 Å². The third-order valence-corrected chi connectivity index (χ3v) is 3.01. The summed E-state index contributed by atoms with van der Waals surface area (Å²) in [5.41, 5.74) is 1.09. The molecule has 0 amide bonds. The van der Waals surface area contributed by atoms with Crippen molar-refractivity contribution in [3.63, 3.8) is 0 Å². The third kappa shape index (κ3) is 3.10. The first-order valence-electron chi connectivity index (χ1n) is 7.12. The van der Waals surface area contributed by atoms with E-state index in [1.165, 1.54) is 6.20 Å². The first kappa shape index (κ1) is 16.0. The van der Waals surface area contributed by atoms with Gasteiger partial charge in [0.25, 0.3) is 0 Å². The van der Waals surface area contributed by atoms with Crippen LogP contribution in [-0.4, -0.2) is 34.1 Å². The molecule has 1 aromatic carbocycles.